The molecule has 0 bridgehead atoms. The van der Waals surface area contributed by atoms with Crippen molar-refractivity contribution in [3.05, 3.63) is 48.8 Å². The SMILES string of the molecule is CCNC(c1cc(Br)c(Br)s1)c1cc(F)ccc1OC. The van der Waals surface area contributed by atoms with Crippen LogP contribution in [0.4, 0.5) is 4.39 Å². The van der Waals surface area contributed by atoms with Crippen LogP contribution in [0.5, 0.6) is 5.75 Å². The second-order valence-electron chi connectivity index (χ2n) is 4.15. The molecular weight excluding hydrogens is 409 g/mol. The van der Waals surface area contributed by atoms with Gasteiger partial charge in [-0.2, -0.15) is 0 Å². The van der Waals surface area contributed by atoms with E-state index in [0.29, 0.717) is 5.75 Å². The number of ether oxygens (including phenoxy) is 1. The van der Waals surface area contributed by atoms with E-state index in [4.69, 9.17) is 4.74 Å². The minimum atomic E-state index is -0.265. The monoisotopic (exact) mass is 421 g/mol. The van der Waals surface area contributed by atoms with Crippen LogP contribution in [0.25, 0.3) is 0 Å². The van der Waals surface area contributed by atoms with E-state index in [2.05, 4.69) is 37.2 Å². The highest BCUT2D eigenvalue weighted by Gasteiger charge is 2.21. The number of nitrogens with one attached hydrogen (secondary N) is 1. The molecule has 0 aliphatic heterocycles. The van der Waals surface area contributed by atoms with Crippen LogP contribution in [0.1, 0.15) is 23.4 Å². The van der Waals surface area contributed by atoms with Crippen LogP contribution in [0, 0.1) is 5.82 Å². The summed E-state index contributed by atoms with van der Waals surface area (Å²) in [6.45, 7) is 2.80. The van der Waals surface area contributed by atoms with Gasteiger partial charge in [-0.15, -0.1) is 11.3 Å². The summed E-state index contributed by atoms with van der Waals surface area (Å²) >= 11 is 8.60. The second kappa shape index (κ2) is 7.02. The van der Waals surface area contributed by atoms with Gasteiger partial charge in [0, 0.05) is 14.9 Å². The van der Waals surface area contributed by atoms with Gasteiger partial charge >= 0.3 is 0 Å². The van der Waals surface area contributed by atoms with Crippen molar-refractivity contribution in [2.24, 2.45) is 0 Å². The molecule has 0 amide bonds. The lowest BCUT2D eigenvalue weighted by Gasteiger charge is -2.19. The molecule has 0 saturated heterocycles. The zero-order valence-corrected chi connectivity index (χ0v) is 15.0. The van der Waals surface area contributed by atoms with Crippen molar-refractivity contribution in [3.8, 4) is 5.75 Å². The van der Waals surface area contributed by atoms with E-state index in [1.807, 2.05) is 13.0 Å². The van der Waals surface area contributed by atoms with Crippen LogP contribution >= 0.6 is 43.2 Å². The number of hydrogen-bond acceptors (Lipinski definition) is 3. The molecule has 0 radical (unpaired) electrons. The molecule has 2 rings (SSSR count). The van der Waals surface area contributed by atoms with E-state index < -0.39 is 0 Å². The number of benzene rings is 1. The zero-order chi connectivity index (χ0) is 14.7. The third kappa shape index (κ3) is 3.42. The van der Waals surface area contributed by atoms with E-state index >= 15 is 0 Å². The van der Waals surface area contributed by atoms with Crippen LogP contribution in [-0.4, -0.2) is 13.7 Å². The summed E-state index contributed by atoms with van der Waals surface area (Å²) < 4.78 is 21.0. The quantitative estimate of drug-likeness (QED) is 0.721. The molecule has 1 aromatic carbocycles. The van der Waals surface area contributed by atoms with E-state index in [1.165, 1.54) is 12.1 Å². The molecule has 0 spiro atoms. The maximum absolute atomic E-state index is 13.6. The molecule has 0 aliphatic carbocycles. The number of methoxy groups -OCH3 is 1. The molecule has 1 N–H and O–H groups in total. The first-order valence-electron chi connectivity index (χ1n) is 6.08. The molecule has 2 nitrogen and oxygen atoms in total. The highest BCUT2D eigenvalue weighted by molar-refractivity contribution is 9.13. The second-order valence-corrected chi connectivity index (χ2v) is 7.40. The van der Waals surface area contributed by atoms with Gasteiger partial charge in [-0.1, -0.05) is 6.92 Å². The third-order valence-electron chi connectivity index (χ3n) is 2.86. The fourth-order valence-corrected chi connectivity index (χ4v) is 4.19. The molecular formula is C14H14Br2FNOS. The van der Waals surface area contributed by atoms with Gasteiger partial charge in [-0.05, 0) is 62.7 Å². The lowest BCUT2D eigenvalue weighted by atomic mass is 10.0. The summed E-state index contributed by atoms with van der Waals surface area (Å²) in [4.78, 5) is 1.09. The van der Waals surface area contributed by atoms with Crippen molar-refractivity contribution in [1.29, 1.82) is 0 Å². The minimum Gasteiger partial charge on any atom is -0.496 e. The van der Waals surface area contributed by atoms with E-state index in [9.17, 15) is 4.39 Å². The van der Waals surface area contributed by atoms with Crippen molar-refractivity contribution >= 4 is 43.2 Å². The smallest absolute Gasteiger partial charge is 0.124 e. The highest BCUT2D eigenvalue weighted by atomic mass is 79.9. The summed E-state index contributed by atoms with van der Waals surface area (Å²) in [5, 5.41) is 3.38. The van der Waals surface area contributed by atoms with Gasteiger partial charge in [0.25, 0.3) is 0 Å². The molecule has 0 aliphatic rings. The Labute approximate surface area is 138 Å². The third-order valence-corrected chi connectivity index (χ3v) is 6.18. The summed E-state index contributed by atoms with van der Waals surface area (Å²) in [7, 11) is 1.60. The molecule has 1 unspecified atom stereocenters. The lowest BCUT2D eigenvalue weighted by Crippen LogP contribution is -2.21. The molecule has 1 heterocycles. The van der Waals surface area contributed by atoms with Crippen LogP contribution in [0.3, 0.4) is 0 Å². The molecule has 0 saturated carbocycles. The first kappa shape index (κ1) is 15.9. The standard InChI is InChI=1S/C14H14Br2FNOS/c1-3-18-13(12-7-10(15)14(16)20-12)9-6-8(17)4-5-11(9)19-2/h4-7,13,18H,3H2,1-2H3. The van der Waals surface area contributed by atoms with Gasteiger partial charge in [0.2, 0.25) is 0 Å². The van der Waals surface area contributed by atoms with Crippen molar-refractivity contribution in [3.63, 3.8) is 0 Å². The van der Waals surface area contributed by atoms with Gasteiger partial charge in [0.1, 0.15) is 11.6 Å². The van der Waals surface area contributed by atoms with Crippen molar-refractivity contribution < 1.29 is 9.13 Å². The number of thiophene rings is 1. The minimum absolute atomic E-state index is 0.0988. The Morgan fingerprint density at radius 3 is 2.65 bits per heavy atom. The number of rotatable bonds is 5. The predicted octanol–water partition coefficient (Wildman–Crippen LogP) is 5.12. The number of hydrogen-bond donors (Lipinski definition) is 1. The van der Waals surface area contributed by atoms with E-state index in [1.54, 1.807) is 24.5 Å². The largest absolute Gasteiger partial charge is 0.496 e. The summed E-state index contributed by atoms with van der Waals surface area (Å²) in [5.41, 5.74) is 0.801. The Balaban J connectivity index is 2.50. The Hall–Kier alpha value is -0.430. The fraction of sp³-hybridized carbons (Fsp3) is 0.286. The topological polar surface area (TPSA) is 21.3 Å². The van der Waals surface area contributed by atoms with Crippen LogP contribution < -0.4 is 10.1 Å². The Morgan fingerprint density at radius 1 is 1.35 bits per heavy atom. The molecule has 108 valence electrons. The van der Waals surface area contributed by atoms with Gasteiger partial charge in [0.15, 0.2) is 0 Å². The average Bonchev–Trinajstić information content (AvgIpc) is 2.75. The normalized spacial score (nSPS) is 12.4. The maximum Gasteiger partial charge on any atom is 0.124 e. The van der Waals surface area contributed by atoms with Crippen LogP contribution in [0.15, 0.2) is 32.5 Å². The van der Waals surface area contributed by atoms with Crippen LogP contribution in [0.2, 0.25) is 0 Å². The first-order valence-corrected chi connectivity index (χ1v) is 8.48. The molecule has 6 heteroatoms. The Kier molecular flexibility index (Phi) is 5.60. The predicted molar refractivity (Wildman–Crippen MR) is 88.2 cm³/mol. The summed E-state index contributed by atoms with van der Waals surface area (Å²) in [6.07, 6.45) is 0. The van der Waals surface area contributed by atoms with Crippen molar-refractivity contribution in [2.45, 2.75) is 13.0 Å². The van der Waals surface area contributed by atoms with Crippen LogP contribution in [-0.2, 0) is 0 Å². The Bertz CT molecular complexity index is 583. The van der Waals surface area contributed by atoms with Gasteiger partial charge < -0.3 is 10.1 Å². The van der Waals surface area contributed by atoms with Crippen molar-refractivity contribution in [2.75, 3.05) is 13.7 Å². The average molecular weight is 423 g/mol. The fourth-order valence-electron chi connectivity index (χ4n) is 2.00. The van der Waals surface area contributed by atoms with Gasteiger partial charge in [0.05, 0.1) is 16.9 Å². The van der Waals surface area contributed by atoms with Gasteiger partial charge in [-0.3, -0.25) is 0 Å². The summed E-state index contributed by atoms with van der Waals surface area (Å²) in [6, 6.07) is 6.52. The van der Waals surface area contributed by atoms with Crippen molar-refractivity contribution in [1.82, 2.24) is 5.32 Å². The summed E-state index contributed by atoms with van der Waals surface area (Å²) in [5.74, 6) is 0.413. The molecule has 1 atom stereocenters. The maximum atomic E-state index is 13.6. The van der Waals surface area contributed by atoms with E-state index in [0.717, 1.165) is 25.2 Å². The zero-order valence-electron chi connectivity index (χ0n) is 11.0. The van der Waals surface area contributed by atoms with E-state index in [-0.39, 0.29) is 11.9 Å². The number of halogens is 3. The molecule has 20 heavy (non-hydrogen) atoms. The highest BCUT2D eigenvalue weighted by Crippen LogP contribution is 2.39. The molecule has 2 aromatic rings. The molecule has 0 fully saturated rings. The lowest BCUT2D eigenvalue weighted by molar-refractivity contribution is 0.403. The molecule has 1 aromatic heterocycles. The first-order chi connectivity index (χ1) is 9.56. The Morgan fingerprint density at radius 2 is 2.10 bits per heavy atom. The van der Waals surface area contributed by atoms with Gasteiger partial charge in [-0.25, -0.2) is 4.39 Å².